The Hall–Kier alpha value is -2.56. The van der Waals surface area contributed by atoms with Gasteiger partial charge in [0.05, 0.1) is 12.0 Å². The highest BCUT2D eigenvalue weighted by Crippen LogP contribution is 2.36. The van der Waals surface area contributed by atoms with Gasteiger partial charge >= 0.3 is 0 Å². The molecule has 0 radical (unpaired) electrons. The highest BCUT2D eigenvalue weighted by atomic mass is 35.5. The molecule has 0 unspecified atom stereocenters. The molecule has 0 spiro atoms. The third-order valence-corrected chi connectivity index (χ3v) is 8.74. The summed E-state index contributed by atoms with van der Waals surface area (Å²) in [6, 6.07) is 12.5. The Kier molecular flexibility index (Phi) is 8.03. The van der Waals surface area contributed by atoms with Crippen molar-refractivity contribution in [2.45, 2.75) is 54.7 Å². The summed E-state index contributed by atoms with van der Waals surface area (Å²) < 4.78 is 35.2. The number of methoxy groups -OCH3 is 1. The highest BCUT2D eigenvalue weighted by molar-refractivity contribution is 8.16. The lowest BCUT2D eigenvalue weighted by Crippen LogP contribution is -2.42. The van der Waals surface area contributed by atoms with Gasteiger partial charge in [0.2, 0.25) is 11.8 Å². The minimum absolute atomic E-state index is 0.00902. The van der Waals surface area contributed by atoms with Crippen molar-refractivity contribution in [3.63, 3.8) is 0 Å². The number of carbonyl (C=O) groups excluding carboxylic acids is 2. The first-order valence-corrected chi connectivity index (χ1v) is 14.0. The molecule has 35 heavy (non-hydrogen) atoms. The van der Waals surface area contributed by atoms with Crippen molar-refractivity contribution in [2.24, 2.45) is 4.40 Å². The lowest BCUT2D eigenvalue weighted by Gasteiger charge is -2.30. The van der Waals surface area contributed by atoms with Crippen LogP contribution in [0, 0.1) is 0 Å². The fourth-order valence-corrected chi connectivity index (χ4v) is 6.72. The number of nitrogens with zero attached hydrogens (tertiary/aromatic N) is 2. The van der Waals surface area contributed by atoms with E-state index in [-0.39, 0.29) is 34.3 Å². The number of amides is 2. The van der Waals surface area contributed by atoms with E-state index < -0.39 is 15.3 Å². The number of anilines is 1. The Morgan fingerprint density at radius 2 is 1.89 bits per heavy atom. The normalized spacial score (nSPS) is 20.3. The van der Waals surface area contributed by atoms with Crippen LogP contribution in [-0.4, -0.2) is 48.7 Å². The zero-order chi connectivity index (χ0) is 25.0. The number of amidine groups is 1. The Morgan fingerprint density at radius 1 is 1.17 bits per heavy atom. The second-order valence-corrected chi connectivity index (χ2v) is 11.6. The number of rotatable bonds is 7. The molecule has 4 rings (SSSR count). The summed E-state index contributed by atoms with van der Waals surface area (Å²) in [7, 11) is -2.53. The first-order valence-electron chi connectivity index (χ1n) is 11.3. The monoisotopic (exact) mass is 535 g/mol. The molecule has 8 nitrogen and oxygen atoms in total. The zero-order valence-corrected chi connectivity index (χ0v) is 21.5. The first-order chi connectivity index (χ1) is 16.8. The van der Waals surface area contributed by atoms with Crippen LogP contribution in [0.15, 0.2) is 57.8 Å². The Labute approximate surface area is 214 Å². The molecule has 2 aliphatic rings. The van der Waals surface area contributed by atoms with Gasteiger partial charge in [-0.2, -0.15) is 8.42 Å². The van der Waals surface area contributed by atoms with Gasteiger partial charge in [-0.05, 0) is 49.2 Å². The number of carbonyl (C=O) groups is 2. The molecule has 1 saturated heterocycles. The van der Waals surface area contributed by atoms with Crippen LogP contribution >= 0.6 is 23.4 Å². The molecular weight excluding hydrogens is 510 g/mol. The van der Waals surface area contributed by atoms with Crippen LogP contribution in [0.4, 0.5) is 5.69 Å². The summed E-state index contributed by atoms with van der Waals surface area (Å²) in [4.78, 5) is 27.6. The van der Waals surface area contributed by atoms with Gasteiger partial charge in [-0.1, -0.05) is 48.7 Å². The average Bonchev–Trinajstić information content (AvgIpc) is 3.13. The largest absolute Gasteiger partial charge is 0.497 e. The van der Waals surface area contributed by atoms with Crippen LogP contribution in [0.2, 0.25) is 5.02 Å². The molecule has 1 aliphatic heterocycles. The molecule has 0 aromatic heterocycles. The molecular formula is C24H26ClN3O5S2. The molecule has 186 valence electrons. The molecule has 1 aliphatic carbocycles. The smallest absolute Gasteiger partial charge is 0.284 e. The molecule has 1 saturated carbocycles. The van der Waals surface area contributed by atoms with Crippen LogP contribution in [0.5, 0.6) is 5.75 Å². The predicted octanol–water partition coefficient (Wildman–Crippen LogP) is 4.70. The van der Waals surface area contributed by atoms with Crippen molar-refractivity contribution in [1.82, 2.24) is 4.90 Å². The molecule has 1 N–H and O–H groups in total. The van der Waals surface area contributed by atoms with Gasteiger partial charge in [0.25, 0.3) is 10.0 Å². The summed E-state index contributed by atoms with van der Waals surface area (Å²) >= 11 is 6.91. The van der Waals surface area contributed by atoms with Gasteiger partial charge in [-0.25, -0.2) is 0 Å². The lowest BCUT2D eigenvalue weighted by atomic mass is 9.94. The van der Waals surface area contributed by atoms with E-state index in [1.807, 2.05) is 0 Å². The molecule has 2 aromatic carbocycles. The molecule has 2 fully saturated rings. The van der Waals surface area contributed by atoms with E-state index in [4.69, 9.17) is 16.3 Å². The quantitative estimate of drug-likeness (QED) is 0.551. The third-order valence-electron chi connectivity index (χ3n) is 5.94. The van der Waals surface area contributed by atoms with Crippen molar-refractivity contribution in [1.29, 1.82) is 0 Å². The fraction of sp³-hybridized carbons (Fsp3) is 0.375. The molecule has 1 heterocycles. The molecule has 2 amide bonds. The number of sulfonamides is 1. The SMILES string of the molecule is COc1cccc(NC(=O)C[C@@H]2SC(=NS(=O)(=O)c3ccc(Cl)cc3)N(C3CCCCC3)C2=O)c1. The fourth-order valence-electron chi connectivity index (χ4n) is 4.20. The van der Waals surface area contributed by atoms with Crippen LogP contribution in [0.1, 0.15) is 38.5 Å². The predicted molar refractivity (Wildman–Crippen MR) is 137 cm³/mol. The second kappa shape index (κ2) is 11.0. The van der Waals surface area contributed by atoms with Crippen molar-refractivity contribution >= 4 is 56.1 Å². The number of hydrogen-bond donors (Lipinski definition) is 1. The number of benzene rings is 2. The first kappa shape index (κ1) is 25.5. The topological polar surface area (TPSA) is 105 Å². The maximum atomic E-state index is 13.4. The molecule has 11 heteroatoms. The van der Waals surface area contributed by atoms with Gasteiger partial charge in [-0.3, -0.25) is 14.5 Å². The van der Waals surface area contributed by atoms with Crippen LogP contribution < -0.4 is 10.1 Å². The summed E-state index contributed by atoms with van der Waals surface area (Å²) in [5, 5.41) is 2.55. The van der Waals surface area contributed by atoms with E-state index in [9.17, 15) is 18.0 Å². The van der Waals surface area contributed by atoms with E-state index in [0.29, 0.717) is 16.5 Å². The van der Waals surface area contributed by atoms with Gasteiger partial charge in [-0.15, -0.1) is 4.40 Å². The van der Waals surface area contributed by atoms with E-state index in [1.54, 1.807) is 24.3 Å². The zero-order valence-electron chi connectivity index (χ0n) is 19.1. The van der Waals surface area contributed by atoms with Crippen molar-refractivity contribution in [3.05, 3.63) is 53.6 Å². The van der Waals surface area contributed by atoms with Gasteiger partial charge in [0.1, 0.15) is 11.0 Å². The van der Waals surface area contributed by atoms with Crippen LogP contribution in [0.25, 0.3) is 0 Å². The number of hydrogen-bond acceptors (Lipinski definition) is 6. The van der Waals surface area contributed by atoms with Crippen molar-refractivity contribution in [2.75, 3.05) is 12.4 Å². The van der Waals surface area contributed by atoms with E-state index in [0.717, 1.165) is 43.9 Å². The van der Waals surface area contributed by atoms with Crippen molar-refractivity contribution in [3.8, 4) is 5.75 Å². The highest BCUT2D eigenvalue weighted by Gasteiger charge is 2.43. The van der Waals surface area contributed by atoms with Crippen LogP contribution in [0.3, 0.4) is 0 Å². The standard InChI is InChI=1S/C24H26ClN3O5S2/c1-33-19-9-5-6-17(14-19)26-22(29)15-21-23(30)28(18-7-3-2-4-8-18)24(34-21)27-35(31,32)20-12-10-16(25)11-13-20/h5-6,9-14,18,21H,2-4,7-8,15H2,1H3,(H,26,29)/t21-/m0/s1. The number of nitrogens with one attached hydrogen (secondary N) is 1. The molecule has 2 aromatic rings. The Balaban J connectivity index is 1.56. The van der Waals surface area contributed by atoms with E-state index >= 15 is 0 Å². The summed E-state index contributed by atoms with van der Waals surface area (Å²) in [5.74, 6) is -0.0401. The number of thioether (sulfide) groups is 1. The Morgan fingerprint density at radius 3 is 2.57 bits per heavy atom. The number of ether oxygens (including phenoxy) is 1. The Bertz CT molecular complexity index is 1230. The molecule has 1 atom stereocenters. The van der Waals surface area contributed by atoms with Crippen LogP contribution in [-0.2, 0) is 19.6 Å². The summed E-state index contributed by atoms with van der Waals surface area (Å²) in [5.41, 5.74) is 0.549. The average molecular weight is 536 g/mol. The minimum Gasteiger partial charge on any atom is -0.497 e. The van der Waals surface area contributed by atoms with Gasteiger partial charge in [0, 0.05) is 29.2 Å². The van der Waals surface area contributed by atoms with Crippen molar-refractivity contribution < 1.29 is 22.7 Å². The maximum absolute atomic E-state index is 13.4. The maximum Gasteiger partial charge on any atom is 0.284 e. The van der Waals surface area contributed by atoms with Gasteiger partial charge in [0.15, 0.2) is 5.17 Å². The summed E-state index contributed by atoms with van der Waals surface area (Å²) in [6.45, 7) is 0. The molecule has 0 bridgehead atoms. The lowest BCUT2D eigenvalue weighted by molar-refractivity contribution is -0.130. The third kappa shape index (κ3) is 6.17. The second-order valence-electron chi connectivity index (χ2n) is 8.39. The van der Waals surface area contributed by atoms with E-state index in [2.05, 4.69) is 9.71 Å². The van der Waals surface area contributed by atoms with Gasteiger partial charge < -0.3 is 10.1 Å². The number of halogens is 1. The summed E-state index contributed by atoms with van der Waals surface area (Å²) in [6.07, 6.45) is 4.43. The minimum atomic E-state index is -4.06. The van der Waals surface area contributed by atoms with E-state index in [1.165, 1.54) is 36.3 Å².